The molecule has 0 radical (unpaired) electrons. The zero-order valence-corrected chi connectivity index (χ0v) is 13.6. The van der Waals surface area contributed by atoms with Gasteiger partial charge in [-0.3, -0.25) is 14.5 Å². The summed E-state index contributed by atoms with van der Waals surface area (Å²) in [5.74, 6) is -0.640. The standard InChI is InChI=1S/C19H18N2O4/c22-15-6-2-13(3-7-15)20-11-1-10-19(20)12-17(24)18(25)21(19)14-4-8-16(23)9-5-14/h2-9,22-23H,1,10-12H2. The van der Waals surface area contributed by atoms with Crippen molar-refractivity contribution in [2.75, 3.05) is 16.3 Å². The van der Waals surface area contributed by atoms with E-state index in [1.807, 2.05) is 0 Å². The third-order valence-electron chi connectivity index (χ3n) is 5.03. The number of benzene rings is 2. The van der Waals surface area contributed by atoms with Crippen LogP contribution in [0.25, 0.3) is 0 Å². The molecule has 1 spiro atoms. The Balaban J connectivity index is 1.81. The third-order valence-corrected chi connectivity index (χ3v) is 5.03. The van der Waals surface area contributed by atoms with Crippen LogP contribution in [-0.4, -0.2) is 34.1 Å². The van der Waals surface area contributed by atoms with Gasteiger partial charge >= 0.3 is 0 Å². The molecule has 2 heterocycles. The molecule has 128 valence electrons. The zero-order valence-electron chi connectivity index (χ0n) is 13.6. The molecule has 2 aliphatic rings. The number of phenolic OH excluding ortho intramolecular Hbond substituents is 2. The van der Waals surface area contributed by atoms with Crippen molar-refractivity contribution in [3.05, 3.63) is 48.5 Å². The summed E-state index contributed by atoms with van der Waals surface area (Å²) in [6.45, 7) is 0.722. The lowest BCUT2D eigenvalue weighted by atomic mass is 10.0. The van der Waals surface area contributed by atoms with Crippen molar-refractivity contribution in [1.82, 2.24) is 0 Å². The highest BCUT2D eigenvalue weighted by Crippen LogP contribution is 2.45. The second-order valence-corrected chi connectivity index (χ2v) is 6.51. The zero-order chi connectivity index (χ0) is 17.6. The second-order valence-electron chi connectivity index (χ2n) is 6.51. The fourth-order valence-corrected chi connectivity index (χ4v) is 3.97. The topological polar surface area (TPSA) is 81.1 Å². The molecule has 2 aromatic carbocycles. The van der Waals surface area contributed by atoms with Crippen LogP contribution in [0.5, 0.6) is 11.5 Å². The maximum absolute atomic E-state index is 12.6. The van der Waals surface area contributed by atoms with Crippen LogP contribution in [0.4, 0.5) is 11.4 Å². The highest BCUT2D eigenvalue weighted by molar-refractivity contribution is 6.44. The van der Waals surface area contributed by atoms with E-state index < -0.39 is 17.4 Å². The van der Waals surface area contributed by atoms with Crippen LogP contribution in [0.3, 0.4) is 0 Å². The Hall–Kier alpha value is -3.02. The maximum Gasteiger partial charge on any atom is 0.296 e. The largest absolute Gasteiger partial charge is 0.508 e. The lowest BCUT2D eigenvalue weighted by Gasteiger charge is -2.43. The van der Waals surface area contributed by atoms with Gasteiger partial charge < -0.3 is 15.1 Å². The summed E-state index contributed by atoms with van der Waals surface area (Å²) in [6.07, 6.45) is 1.68. The average molecular weight is 338 g/mol. The average Bonchev–Trinajstić information content (AvgIpc) is 3.11. The minimum Gasteiger partial charge on any atom is -0.508 e. The molecule has 4 rings (SSSR count). The van der Waals surface area contributed by atoms with E-state index >= 15 is 0 Å². The number of anilines is 2. The summed E-state index contributed by atoms with van der Waals surface area (Å²) in [5.41, 5.74) is 0.725. The number of aromatic hydroxyl groups is 2. The van der Waals surface area contributed by atoms with Gasteiger partial charge in [0, 0.05) is 17.9 Å². The highest BCUT2D eigenvalue weighted by Gasteiger charge is 2.56. The smallest absolute Gasteiger partial charge is 0.296 e. The Bertz CT molecular complexity index is 832. The first kappa shape index (κ1) is 15.5. The minimum atomic E-state index is -0.734. The van der Waals surface area contributed by atoms with Gasteiger partial charge in [-0.1, -0.05) is 0 Å². The molecular weight excluding hydrogens is 320 g/mol. The molecule has 2 N–H and O–H groups in total. The Kier molecular flexibility index (Phi) is 3.42. The summed E-state index contributed by atoms with van der Waals surface area (Å²) in [6, 6.07) is 13.1. The lowest BCUT2D eigenvalue weighted by Crippen LogP contribution is -2.55. The molecule has 6 nitrogen and oxygen atoms in total. The van der Waals surface area contributed by atoms with E-state index in [-0.39, 0.29) is 17.9 Å². The molecule has 2 saturated heterocycles. The second kappa shape index (κ2) is 5.51. The van der Waals surface area contributed by atoms with Crippen LogP contribution in [0.1, 0.15) is 19.3 Å². The minimum absolute atomic E-state index is 0.109. The van der Waals surface area contributed by atoms with Crippen molar-refractivity contribution >= 4 is 23.1 Å². The van der Waals surface area contributed by atoms with Gasteiger partial charge in [0.25, 0.3) is 5.91 Å². The van der Waals surface area contributed by atoms with E-state index in [1.54, 1.807) is 41.3 Å². The van der Waals surface area contributed by atoms with Gasteiger partial charge in [0.2, 0.25) is 5.78 Å². The molecule has 25 heavy (non-hydrogen) atoms. The van der Waals surface area contributed by atoms with Crippen LogP contribution < -0.4 is 9.80 Å². The van der Waals surface area contributed by atoms with Crippen molar-refractivity contribution in [3.63, 3.8) is 0 Å². The number of phenols is 2. The Morgan fingerprint density at radius 1 is 0.840 bits per heavy atom. The SMILES string of the molecule is O=C1CC2(CCCN2c2ccc(O)cc2)N(c2ccc(O)cc2)C1=O. The van der Waals surface area contributed by atoms with E-state index in [0.29, 0.717) is 12.1 Å². The number of ketones is 1. The molecule has 0 bridgehead atoms. The highest BCUT2D eigenvalue weighted by atomic mass is 16.3. The number of hydrogen-bond donors (Lipinski definition) is 2. The maximum atomic E-state index is 12.6. The summed E-state index contributed by atoms with van der Waals surface area (Å²) in [7, 11) is 0. The van der Waals surface area contributed by atoms with Crippen molar-refractivity contribution in [2.24, 2.45) is 0 Å². The molecular formula is C19H18N2O4. The molecule has 2 fully saturated rings. The van der Waals surface area contributed by atoms with Gasteiger partial charge in [0.15, 0.2) is 0 Å². The lowest BCUT2D eigenvalue weighted by molar-refractivity contribution is -0.133. The van der Waals surface area contributed by atoms with Crippen LogP contribution >= 0.6 is 0 Å². The first-order chi connectivity index (χ1) is 12.0. The van der Waals surface area contributed by atoms with Crippen molar-refractivity contribution < 1.29 is 19.8 Å². The quantitative estimate of drug-likeness (QED) is 0.822. The predicted octanol–water partition coefficient (Wildman–Crippen LogP) is 2.40. The van der Waals surface area contributed by atoms with Crippen LogP contribution in [0.2, 0.25) is 0 Å². The van der Waals surface area contributed by atoms with Gasteiger partial charge in [0.1, 0.15) is 17.2 Å². The van der Waals surface area contributed by atoms with E-state index in [0.717, 1.165) is 18.7 Å². The van der Waals surface area contributed by atoms with Gasteiger partial charge in [0.05, 0.1) is 6.42 Å². The molecule has 0 saturated carbocycles. The third kappa shape index (κ3) is 2.33. The molecule has 1 amide bonds. The van der Waals surface area contributed by atoms with Crippen LogP contribution in [0.15, 0.2) is 48.5 Å². The van der Waals surface area contributed by atoms with Crippen LogP contribution in [-0.2, 0) is 9.59 Å². The Morgan fingerprint density at radius 2 is 1.40 bits per heavy atom. The number of carbonyl (C=O) groups is 2. The van der Waals surface area contributed by atoms with Gasteiger partial charge in [-0.2, -0.15) is 0 Å². The predicted molar refractivity (Wildman–Crippen MR) is 92.6 cm³/mol. The molecule has 0 aliphatic carbocycles. The Labute approximate surface area is 144 Å². The molecule has 2 aliphatic heterocycles. The number of Topliss-reactive ketones (excluding diaryl/α,β-unsaturated/α-hetero) is 1. The Morgan fingerprint density at radius 3 is 2.00 bits per heavy atom. The molecule has 1 atom stereocenters. The summed E-state index contributed by atoms with van der Waals surface area (Å²) in [5, 5.41) is 19.1. The molecule has 0 aromatic heterocycles. The van der Waals surface area contributed by atoms with Crippen molar-refractivity contribution in [2.45, 2.75) is 24.9 Å². The van der Waals surface area contributed by atoms with E-state index in [2.05, 4.69) is 4.90 Å². The number of nitrogens with zero attached hydrogens (tertiary/aromatic N) is 2. The van der Waals surface area contributed by atoms with E-state index in [1.165, 1.54) is 12.1 Å². The van der Waals surface area contributed by atoms with Gasteiger partial charge in [-0.15, -0.1) is 0 Å². The first-order valence-corrected chi connectivity index (χ1v) is 8.24. The summed E-state index contributed by atoms with van der Waals surface area (Å²) >= 11 is 0. The monoisotopic (exact) mass is 338 g/mol. The number of rotatable bonds is 2. The van der Waals surface area contributed by atoms with E-state index in [9.17, 15) is 19.8 Å². The van der Waals surface area contributed by atoms with Crippen molar-refractivity contribution in [3.8, 4) is 11.5 Å². The number of carbonyl (C=O) groups excluding carboxylic acids is 2. The van der Waals surface area contributed by atoms with Gasteiger partial charge in [-0.05, 0) is 61.4 Å². The molecule has 1 unspecified atom stereocenters. The normalized spacial score (nSPS) is 23.0. The number of amides is 1. The molecule has 6 heteroatoms. The molecule has 2 aromatic rings. The summed E-state index contributed by atoms with van der Waals surface area (Å²) in [4.78, 5) is 28.6. The van der Waals surface area contributed by atoms with E-state index in [4.69, 9.17) is 0 Å². The van der Waals surface area contributed by atoms with Crippen LogP contribution in [0, 0.1) is 0 Å². The van der Waals surface area contributed by atoms with Gasteiger partial charge in [-0.25, -0.2) is 0 Å². The summed E-state index contributed by atoms with van der Waals surface area (Å²) < 4.78 is 0. The fraction of sp³-hybridized carbons (Fsp3) is 0.263. The number of hydrogen-bond acceptors (Lipinski definition) is 5. The first-order valence-electron chi connectivity index (χ1n) is 8.24. The fourth-order valence-electron chi connectivity index (χ4n) is 3.97. The van der Waals surface area contributed by atoms with Crippen molar-refractivity contribution in [1.29, 1.82) is 0 Å².